The fourth-order valence-corrected chi connectivity index (χ4v) is 0. The predicted molar refractivity (Wildman–Crippen MR) is 11.5 cm³/mol. The summed E-state index contributed by atoms with van der Waals surface area (Å²) in [5.41, 5.74) is 0. The minimum atomic E-state index is 0. The van der Waals surface area contributed by atoms with Crippen molar-refractivity contribution in [1.82, 2.24) is 0 Å². The Hall–Kier alpha value is 3.53. The summed E-state index contributed by atoms with van der Waals surface area (Å²) >= 11 is 0. The minimum absolute atomic E-state index is 0. The Morgan fingerprint density at radius 3 is 1.00 bits per heavy atom. The van der Waals surface area contributed by atoms with E-state index < -0.39 is 0 Å². The molecule has 0 atom stereocenters. The molecule has 5 heteroatoms. The molecule has 0 unspecified atom stereocenters. The maximum Gasteiger partial charge on any atom is 0 e. The molecule has 0 N–H and O–H groups in total. The summed E-state index contributed by atoms with van der Waals surface area (Å²) in [6.45, 7) is 0. The zero-order chi connectivity index (χ0) is 0. The normalized spacial score (nSPS) is 0. The van der Waals surface area contributed by atoms with E-state index in [2.05, 4.69) is 0 Å². The van der Waals surface area contributed by atoms with Gasteiger partial charge in [0.05, 0.1) is 0 Å². The second-order valence-electron chi connectivity index (χ2n) is 0. The Morgan fingerprint density at radius 1 is 1.00 bits per heavy atom. The van der Waals surface area contributed by atoms with Gasteiger partial charge in [0.2, 0.25) is 0 Å². The Kier molecular flexibility index (Phi) is 200. The van der Waals surface area contributed by atoms with Crippen molar-refractivity contribution in [3.8, 4) is 0 Å². The van der Waals surface area contributed by atoms with E-state index in [4.69, 9.17) is 0 Å². The first-order chi connectivity index (χ1) is 0. The quantitative estimate of drug-likeness (QED) is 0.513. The molecule has 0 aliphatic heterocycles. The predicted octanol–water partition coefficient (Wildman–Crippen LogP) is -0.769. The summed E-state index contributed by atoms with van der Waals surface area (Å²) in [5, 5.41) is 0. The van der Waals surface area contributed by atoms with Crippen molar-refractivity contribution in [1.29, 1.82) is 0 Å². The molecule has 5 heavy (non-hydrogen) atoms. The summed E-state index contributed by atoms with van der Waals surface area (Å²) < 4.78 is 0. The molecule has 0 aromatic heterocycles. The zero-order valence-electron chi connectivity index (χ0n) is 2.31. The maximum atomic E-state index is 0. The molecule has 0 aliphatic rings. The Bertz CT molecular complexity index is 11.6. The first-order valence-electron chi connectivity index (χ1n) is 0. The maximum absolute atomic E-state index is 0. The minimum Gasteiger partial charge on any atom is 0 e. The first kappa shape index (κ1) is 38.8. The molecule has 0 heterocycles. The molecule has 0 nitrogen and oxygen atoms in total. The molecule has 0 aromatic carbocycles. The molecule has 0 aliphatic carbocycles. The third kappa shape index (κ3) is 18.5. The second kappa shape index (κ2) is 25.8. The van der Waals surface area contributed by atoms with Gasteiger partial charge in [-0.3, -0.25) is 0 Å². The van der Waals surface area contributed by atoms with Gasteiger partial charge in [-0.2, -0.15) is 0 Å². The van der Waals surface area contributed by atoms with Gasteiger partial charge in [0.25, 0.3) is 0 Å². The van der Waals surface area contributed by atoms with E-state index in [0.29, 0.717) is 0 Å². The standard InChI is InChI=1S/Al.Co.Mn.Ni.Sr. The molecule has 0 saturated carbocycles. The van der Waals surface area contributed by atoms with Crippen LogP contribution in [0.1, 0.15) is 0 Å². The molecular formula is AlCoMnNiSr. The van der Waals surface area contributed by atoms with Gasteiger partial charge in [0.1, 0.15) is 0 Å². The van der Waals surface area contributed by atoms with Gasteiger partial charge in [0.15, 0.2) is 0 Å². The van der Waals surface area contributed by atoms with Gasteiger partial charge < -0.3 is 0 Å². The molecule has 0 aromatic rings. The van der Waals surface area contributed by atoms with Crippen LogP contribution in [0, 0.1) is 0 Å². The third-order valence-electron chi connectivity index (χ3n) is 0. The van der Waals surface area contributed by atoms with Crippen molar-refractivity contribution in [2.45, 2.75) is 0 Å². The Morgan fingerprint density at radius 2 is 1.00 bits per heavy atom. The van der Waals surface area contributed by atoms with Crippen LogP contribution in [0.3, 0.4) is 0 Å². The van der Waals surface area contributed by atoms with Crippen LogP contribution in [-0.4, -0.2) is 62.8 Å². The van der Waals surface area contributed by atoms with Crippen LogP contribution in [0.5, 0.6) is 0 Å². The molecule has 7 radical (unpaired) electrons. The van der Waals surface area contributed by atoms with E-state index in [-0.39, 0.29) is 113 Å². The van der Waals surface area contributed by atoms with Gasteiger partial charge in [-0.15, -0.1) is 0 Å². The van der Waals surface area contributed by atoms with E-state index in [1.165, 1.54) is 0 Å². The molecule has 0 saturated heterocycles. The summed E-state index contributed by atoms with van der Waals surface area (Å²) in [6.07, 6.45) is 0. The van der Waals surface area contributed by atoms with Gasteiger partial charge in [0, 0.05) is 113 Å². The van der Waals surface area contributed by atoms with Crippen molar-refractivity contribution in [3.63, 3.8) is 0 Å². The van der Waals surface area contributed by atoms with Crippen molar-refractivity contribution in [2.75, 3.05) is 0 Å². The van der Waals surface area contributed by atoms with Gasteiger partial charge >= 0.3 is 0 Å². The molecule has 0 spiro atoms. The largest absolute Gasteiger partial charge is 0 e. The van der Waals surface area contributed by atoms with Crippen LogP contribution in [0.25, 0.3) is 0 Å². The van der Waals surface area contributed by atoms with Crippen molar-refractivity contribution < 1.29 is 50.3 Å². The molecule has 31 valence electrons. The van der Waals surface area contributed by atoms with Crippen molar-refractivity contribution in [3.05, 3.63) is 0 Å². The van der Waals surface area contributed by atoms with E-state index in [1.807, 2.05) is 0 Å². The SMILES string of the molecule is [Al].[Co].[Mn].[Ni].[Sr]. The smallest absolute Gasteiger partial charge is 0 e. The van der Waals surface area contributed by atoms with Crippen LogP contribution in [0.2, 0.25) is 0 Å². The van der Waals surface area contributed by atoms with E-state index in [9.17, 15) is 0 Å². The number of hydrogen-bond donors (Lipinski definition) is 0. The van der Waals surface area contributed by atoms with Crippen LogP contribution >= 0.6 is 0 Å². The van der Waals surface area contributed by atoms with E-state index in [0.717, 1.165) is 0 Å². The Labute approximate surface area is 111 Å². The number of rotatable bonds is 0. The van der Waals surface area contributed by atoms with Crippen LogP contribution in [0.4, 0.5) is 0 Å². The van der Waals surface area contributed by atoms with Crippen molar-refractivity contribution in [2.24, 2.45) is 0 Å². The molecule has 0 fully saturated rings. The van der Waals surface area contributed by atoms with Crippen LogP contribution < -0.4 is 0 Å². The van der Waals surface area contributed by atoms with Crippen LogP contribution in [-0.2, 0) is 50.3 Å². The summed E-state index contributed by atoms with van der Waals surface area (Å²) in [7, 11) is 0. The molecule has 0 rings (SSSR count). The fourth-order valence-electron chi connectivity index (χ4n) is 0. The monoisotopic (exact) mass is 287 g/mol. The zero-order valence-corrected chi connectivity index (χ0v) is 10.2. The Balaban J connectivity index is 0. The second-order valence-corrected chi connectivity index (χ2v) is 0. The average Bonchev–Trinajstić information content (AvgIpc) is 0. The third-order valence-corrected chi connectivity index (χ3v) is 0. The average molecular weight is 287 g/mol. The summed E-state index contributed by atoms with van der Waals surface area (Å²) in [6, 6.07) is 0. The van der Waals surface area contributed by atoms with Crippen molar-refractivity contribution >= 4 is 62.8 Å². The van der Waals surface area contributed by atoms with E-state index >= 15 is 0 Å². The summed E-state index contributed by atoms with van der Waals surface area (Å²) in [5.74, 6) is 0. The van der Waals surface area contributed by atoms with Gasteiger partial charge in [-0.1, -0.05) is 0 Å². The van der Waals surface area contributed by atoms with Gasteiger partial charge in [-0.25, -0.2) is 0 Å². The fraction of sp³-hybridized carbons (Fsp3) is 0. The molecular weight excluding hydrogens is 287 g/mol. The molecule has 0 amide bonds. The number of hydrogen-bond acceptors (Lipinski definition) is 0. The molecule has 0 bridgehead atoms. The van der Waals surface area contributed by atoms with E-state index in [1.54, 1.807) is 0 Å². The topological polar surface area (TPSA) is 0 Å². The van der Waals surface area contributed by atoms with Crippen LogP contribution in [0.15, 0.2) is 0 Å². The summed E-state index contributed by atoms with van der Waals surface area (Å²) in [4.78, 5) is 0. The van der Waals surface area contributed by atoms with Gasteiger partial charge in [-0.05, 0) is 0 Å². The first-order valence-corrected chi connectivity index (χ1v) is 0.